The number of fused-ring (bicyclic) bond motifs is 1. The Kier molecular flexibility index (Phi) is 7.20. The van der Waals surface area contributed by atoms with Gasteiger partial charge in [-0.1, -0.05) is 72.3 Å². The first kappa shape index (κ1) is 23.0. The van der Waals surface area contributed by atoms with E-state index >= 15 is 0 Å². The number of aryl methyl sites for hydroxylation is 1. The van der Waals surface area contributed by atoms with Gasteiger partial charge in [0.15, 0.2) is 0 Å². The van der Waals surface area contributed by atoms with Crippen LogP contribution >= 0.6 is 11.6 Å². The second-order valence-corrected chi connectivity index (χ2v) is 8.02. The van der Waals surface area contributed by atoms with Crippen LogP contribution in [0.15, 0.2) is 90.0 Å². The predicted octanol–water partition coefficient (Wildman–Crippen LogP) is 5.47. The van der Waals surface area contributed by atoms with Crippen molar-refractivity contribution in [1.29, 1.82) is 0 Å². The van der Waals surface area contributed by atoms with E-state index in [1.807, 2.05) is 49.4 Å². The number of halogens is 1. The number of rotatable bonds is 6. The molecule has 6 nitrogen and oxygen atoms in total. The molecule has 0 aromatic heterocycles. The van der Waals surface area contributed by atoms with Crippen LogP contribution in [0.4, 0.5) is 5.69 Å². The molecule has 4 aromatic rings. The van der Waals surface area contributed by atoms with Gasteiger partial charge in [-0.15, -0.1) is 0 Å². The molecule has 2 amide bonds. The minimum Gasteiger partial charge on any atom is -0.489 e. The first-order valence-electron chi connectivity index (χ1n) is 10.6. The number of anilines is 1. The van der Waals surface area contributed by atoms with E-state index in [0.29, 0.717) is 28.6 Å². The maximum Gasteiger partial charge on any atom is 0.329 e. The lowest BCUT2D eigenvalue weighted by Crippen LogP contribution is -2.32. The number of hydrazone groups is 1. The summed E-state index contributed by atoms with van der Waals surface area (Å²) in [6, 6.07) is 26.6. The summed E-state index contributed by atoms with van der Waals surface area (Å²) >= 11 is 6.04. The second kappa shape index (κ2) is 10.6. The lowest BCUT2D eigenvalue weighted by atomic mass is 10.1. The Morgan fingerprint density at radius 1 is 0.941 bits per heavy atom. The Morgan fingerprint density at radius 2 is 1.74 bits per heavy atom. The lowest BCUT2D eigenvalue weighted by molar-refractivity contribution is -0.136. The van der Waals surface area contributed by atoms with Crippen LogP contribution in [-0.4, -0.2) is 18.0 Å². The summed E-state index contributed by atoms with van der Waals surface area (Å²) in [5, 5.41) is 9.16. The third-order valence-electron chi connectivity index (χ3n) is 5.15. The van der Waals surface area contributed by atoms with Crippen LogP contribution < -0.4 is 15.5 Å². The van der Waals surface area contributed by atoms with Crippen molar-refractivity contribution in [2.75, 3.05) is 5.32 Å². The topological polar surface area (TPSA) is 79.8 Å². The summed E-state index contributed by atoms with van der Waals surface area (Å²) in [5.41, 5.74) is 5.32. The van der Waals surface area contributed by atoms with Gasteiger partial charge in [-0.25, -0.2) is 5.43 Å². The molecular weight excluding hydrogens is 450 g/mol. The van der Waals surface area contributed by atoms with Crippen LogP contribution in [0.1, 0.15) is 16.7 Å². The highest BCUT2D eigenvalue weighted by molar-refractivity contribution is 6.39. The van der Waals surface area contributed by atoms with Crippen molar-refractivity contribution in [2.45, 2.75) is 13.5 Å². The van der Waals surface area contributed by atoms with E-state index in [4.69, 9.17) is 16.3 Å². The Morgan fingerprint density at radius 3 is 2.59 bits per heavy atom. The molecule has 0 radical (unpaired) electrons. The number of hydrogen-bond acceptors (Lipinski definition) is 4. The summed E-state index contributed by atoms with van der Waals surface area (Å²) < 4.78 is 5.97. The van der Waals surface area contributed by atoms with Gasteiger partial charge in [-0.2, -0.15) is 5.10 Å². The highest BCUT2D eigenvalue weighted by Gasteiger charge is 2.13. The fourth-order valence-corrected chi connectivity index (χ4v) is 3.52. The van der Waals surface area contributed by atoms with Gasteiger partial charge in [0.2, 0.25) is 0 Å². The molecule has 0 saturated carbocycles. The van der Waals surface area contributed by atoms with E-state index in [2.05, 4.69) is 34.0 Å². The molecular formula is C27H22ClN3O3. The SMILES string of the molecule is Cc1ccc(NC(=O)C(=O)N/N=C/c2cccc(OCc3cccc4ccccc34)c2)cc1Cl. The minimum atomic E-state index is -0.892. The van der Waals surface area contributed by atoms with Crippen LogP contribution in [0.25, 0.3) is 10.8 Å². The van der Waals surface area contributed by atoms with Crippen LogP contribution in [0.3, 0.4) is 0 Å². The Hall–Kier alpha value is -4.16. The zero-order chi connectivity index (χ0) is 23.9. The first-order valence-corrected chi connectivity index (χ1v) is 11.0. The van der Waals surface area contributed by atoms with E-state index in [0.717, 1.165) is 21.9 Å². The molecule has 4 aromatic carbocycles. The quantitative estimate of drug-likeness (QED) is 0.222. The van der Waals surface area contributed by atoms with Crippen molar-refractivity contribution < 1.29 is 14.3 Å². The number of hydrogen-bond donors (Lipinski definition) is 2. The van der Waals surface area contributed by atoms with Gasteiger partial charge in [0.25, 0.3) is 0 Å². The largest absolute Gasteiger partial charge is 0.489 e. The number of amides is 2. The van der Waals surface area contributed by atoms with Gasteiger partial charge in [0, 0.05) is 10.7 Å². The van der Waals surface area contributed by atoms with Gasteiger partial charge >= 0.3 is 11.8 Å². The molecule has 2 N–H and O–H groups in total. The maximum atomic E-state index is 12.1. The molecule has 7 heteroatoms. The first-order chi connectivity index (χ1) is 16.5. The molecule has 34 heavy (non-hydrogen) atoms. The Bertz CT molecular complexity index is 1380. The van der Waals surface area contributed by atoms with Crippen molar-refractivity contribution in [3.05, 3.63) is 107 Å². The predicted molar refractivity (Wildman–Crippen MR) is 135 cm³/mol. The number of carbonyl (C=O) groups is 2. The van der Waals surface area contributed by atoms with E-state index in [1.165, 1.54) is 6.21 Å². The zero-order valence-corrected chi connectivity index (χ0v) is 19.2. The molecule has 0 aliphatic rings. The maximum absolute atomic E-state index is 12.1. The van der Waals surface area contributed by atoms with Gasteiger partial charge in [0.05, 0.1) is 6.21 Å². The van der Waals surface area contributed by atoms with Crippen molar-refractivity contribution in [3.8, 4) is 5.75 Å². The number of nitrogens with one attached hydrogen (secondary N) is 2. The van der Waals surface area contributed by atoms with Crippen molar-refractivity contribution in [1.82, 2.24) is 5.43 Å². The average Bonchev–Trinajstić information content (AvgIpc) is 2.85. The molecule has 0 heterocycles. The number of carbonyl (C=O) groups excluding carboxylic acids is 2. The molecule has 170 valence electrons. The van der Waals surface area contributed by atoms with Crippen molar-refractivity contribution in [3.63, 3.8) is 0 Å². The molecule has 0 aliphatic carbocycles. The van der Waals surface area contributed by atoms with Gasteiger partial charge in [0.1, 0.15) is 12.4 Å². The number of ether oxygens (including phenoxy) is 1. The molecule has 0 atom stereocenters. The van der Waals surface area contributed by atoms with E-state index < -0.39 is 11.8 Å². The van der Waals surface area contributed by atoms with Crippen LogP contribution in [0.2, 0.25) is 5.02 Å². The van der Waals surface area contributed by atoms with Gasteiger partial charge in [-0.3, -0.25) is 9.59 Å². The highest BCUT2D eigenvalue weighted by atomic mass is 35.5. The van der Waals surface area contributed by atoms with Gasteiger partial charge in [-0.05, 0) is 58.7 Å². The molecule has 0 unspecified atom stereocenters. The van der Waals surface area contributed by atoms with E-state index in [-0.39, 0.29) is 0 Å². The summed E-state index contributed by atoms with van der Waals surface area (Å²) in [6.45, 7) is 2.26. The molecule has 0 saturated heterocycles. The van der Waals surface area contributed by atoms with Crippen LogP contribution in [0, 0.1) is 6.92 Å². The molecule has 0 aliphatic heterocycles. The van der Waals surface area contributed by atoms with E-state index in [9.17, 15) is 9.59 Å². The van der Waals surface area contributed by atoms with Crippen molar-refractivity contribution in [2.24, 2.45) is 5.10 Å². The average molecular weight is 472 g/mol. The normalized spacial score (nSPS) is 10.9. The summed E-state index contributed by atoms with van der Waals surface area (Å²) in [7, 11) is 0. The summed E-state index contributed by atoms with van der Waals surface area (Å²) in [5.74, 6) is -1.07. The summed E-state index contributed by atoms with van der Waals surface area (Å²) in [6.07, 6.45) is 1.44. The second-order valence-electron chi connectivity index (χ2n) is 7.62. The molecule has 4 rings (SSSR count). The minimum absolute atomic E-state index is 0.419. The number of benzene rings is 4. The fourth-order valence-electron chi connectivity index (χ4n) is 3.34. The third-order valence-corrected chi connectivity index (χ3v) is 5.56. The molecule has 0 fully saturated rings. The monoisotopic (exact) mass is 471 g/mol. The highest BCUT2D eigenvalue weighted by Crippen LogP contribution is 2.21. The third kappa shape index (κ3) is 5.79. The van der Waals surface area contributed by atoms with Crippen LogP contribution in [-0.2, 0) is 16.2 Å². The molecule has 0 spiro atoms. The fraction of sp³-hybridized carbons (Fsp3) is 0.0741. The standard InChI is InChI=1S/C27H22ClN3O3/c1-18-12-13-22(15-25(18)28)30-26(32)27(33)31-29-16-19-6-4-10-23(14-19)34-17-21-9-5-8-20-7-2-3-11-24(20)21/h2-16H,17H2,1H3,(H,30,32)(H,31,33)/b29-16+. The Labute approximate surface area is 202 Å². The van der Waals surface area contributed by atoms with Gasteiger partial charge < -0.3 is 10.1 Å². The number of nitrogens with zero attached hydrogens (tertiary/aromatic N) is 1. The van der Waals surface area contributed by atoms with Crippen LogP contribution in [0.5, 0.6) is 5.75 Å². The molecule has 0 bridgehead atoms. The van der Waals surface area contributed by atoms with E-state index in [1.54, 1.807) is 24.3 Å². The Balaban J connectivity index is 1.33. The lowest BCUT2D eigenvalue weighted by Gasteiger charge is -2.09. The smallest absolute Gasteiger partial charge is 0.329 e. The van der Waals surface area contributed by atoms with Crippen molar-refractivity contribution >= 4 is 46.1 Å². The summed E-state index contributed by atoms with van der Waals surface area (Å²) in [4.78, 5) is 24.1. The zero-order valence-electron chi connectivity index (χ0n) is 18.4.